The number of nitrogens with zero attached hydrogens (tertiary/aromatic N) is 1. The average molecular weight is 360 g/mol. The molecule has 0 bridgehead atoms. The Hall–Kier alpha value is -2.33. The lowest BCUT2D eigenvalue weighted by Crippen LogP contribution is -2.36. The Morgan fingerprint density at radius 3 is 2.16 bits per heavy atom. The predicted molar refractivity (Wildman–Crippen MR) is 99.6 cm³/mol. The minimum absolute atomic E-state index is 0.0481. The Bertz CT molecular complexity index is 711. The molecule has 4 nitrogen and oxygen atoms in total. The molecule has 132 valence electrons. The maximum absolute atomic E-state index is 12.8. The first-order valence-corrected chi connectivity index (χ1v) is 8.65. The van der Waals surface area contributed by atoms with Gasteiger partial charge in [-0.25, -0.2) is 0 Å². The standard InChI is InChI=1S/C20H22ClNO3/c1-3-4-13-22(14-19(23)15-5-9-17(21)10-6-15)20(24)16-7-11-18(25-2)12-8-16/h5-12H,3-4,13-14H2,1-2H3. The van der Waals surface area contributed by atoms with Crippen LogP contribution in [0.2, 0.25) is 5.02 Å². The van der Waals surface area contributed by atoms with Gasteiger partial charge in [-0.3, -0.25) is 9.59 Å². The normalized spacial score (nSPS) is 10.4. The molecule has 2 aromatic carbocycles. The molecule has 25 heavy (non-hydrogen) atoms. The predicted octanol–water partition coefficient (Wildman–Crippen LogP) is 4.47. The van der Waals surface area contributed by atoms with Crippen LogP contribution >= 0.6 is 11.6 Å². The van der Waals surface area contributed by atoms with Crippen molar-refractivity contribution in [2.45, 2.75) is 19.8 Å². The number of carbonyl (C=O) groups is 2. The highest BCUT2D eigenvalue weighted by molar-refractivity contribution is 6.30. The van der Waals surface area contributed by atoms with Gasteiger partial charge in [0.25, 0.3) is 5.91 Å². The Morgan fingerprint density at radius 1 is 1.00 bits per heavy atom. The number of halogens is 1. The van der Waals surface area contributed by atoms with E-state index in [1.54, 1.807) is 60.5 Å². The molecule has 0 aliphatic carbocycles. The molecule has 0 atom stereocenters. The molecule has 0 aliphatic heterocycles. The van der Waals surface area contributed by atoms with Crippen LogP contribution in [-0.2, 0) is 0 Å². The molecule has 0 radical (unpaired) electrons. The number of ether oxygens (including phenoxy) is 1. The minimum atomic E-state index is -0.154. The van der Waals surface area contributed by atoms with Crippen molar-refractivity contribution in [3.63, 3.8) is 0 Å². The van der Waals surface area contributed by atoms with E-state index < -0.39 is 0 Å². The lowest BCUT2D eigenvalue weighted by molar-refractivity contribution is 0.0707. The lowest BCUT2D eigenvalue weighted by Gasteiger charge is -2.22. The third kappa shape index (κ3) is 5.33. The minimum Gasteiger partial charge on any atom is -0.497 e. The van der Waals surface area contributed by atoms with Gasteiger partial charge in [-0.15, -0.1) is 0 Å². The summed E-state index contributed by atoms with van der Waals surface area (Å²) in [7, 11) is 1.58. The molecule has 0 fully saturated rings. The van der Waals surface area contributed by atoms with Crippen molar-refractivity contribution < 1.29 is 14.3 Å². The fourth-order valence-corrected chi connectivity index (χ4v) is 2.54. The van der Waals surface area contributed by atoms with E-state index in [2.05, 4.69) is 6.92 Å². The van der Waals surface area contributed by atoms with E-state index in [-0.39, 0.29) is 18.2 Å². The summed E-state index contributed by atoms with van der Waals surface area (Å²) in [6, 6.07) is 13.6. The van der Waals surface area contributed by atoms with Gasteiger partial charge in [0, 0.05) is 22.7 Å². The summed E-state index contributed by atoms with van der Waals surface area (Å²) in [5.74, 6) is 0.432. The van der Waals surface area contributed by atoms with E-state index in [1.807, 2.05) is 0 Å². The number of hydrogen-bond donors (Lipinski definition) is 0. The number of unbranched alkanes of at least 4 members (excludes halogenated alkanes) is 1. The average Bonchev–Trinajstić information content (AvgIpc) is 2.65. The zero-order valence-electron chi connectivity index (χ0n) is 14.5. The van der Waals surface area contributed by atoms with Gasteiger partial charge in [-0.1, -0.05) is 24.9 Å². The smallest absolute Gasteiger partial charge is 0.254 e. The lowest BCUT2D eigenvalue weighted by atomic mass is 10.1. The Kier molecular flexibility index (Phi) is 7.02. The molecule has 1 amide bonds. The highest BCUT2D eigenvalue weighted by Crippen LogP contribution is 2.15. The van der Waals surface area contributed by atoms with Crippen molar-refractivity contribution in [1.29, 1.82) is 0 Å². The van der Waals surface area contributed by atoms with Crippen molar-refractivity contribution in [1.82, 2.24) is 4.90 Å². The molecular formula is C20H22ClNO3. The molecule has 0 unspecified atom stereocenters. The number of Topliss-reactive ketones (excluding diaryl/α,β-unsaturated/α-hetero) is 1. The molecular weight excluding hydrogens is 338 g/mol. The molecule has 0 aromatic heterocycles. The molecule has 0 saturated heterocycles. The van der Waals surface area contributed by atoms with Crippen LogP contribution in [-0.4, -0.2) is 36.8 Å². The summed E-state index contributed by atoms with van der Waals surface area (Å²) in [5.41, 5.74) is 1.09. The number of benzene rings is 2. The van der Waals surface area contributed by atoms with Gasteiger partial charge in [0.2, 0.25) is 0 Å². The molecule has 2 rings (SSSR count). The van der Waals surface area contributed by atoms with Crippen LogP contribution < -0.4 is 4.74 Å². The van der Waals surface area contributed by atoms with E-state index in [0.29, 0.717) is 28.4 Å². The molecule has 0 spiro atoms. The second-order valence-electron chi connectivity index (χ2n) is 5.74. The molecule has 0 heterocycles. The number of methoxy groups -OCH3 is 1. The Morgan fingerprint density at radius 2 is 1.60 bits per heavy atom. The summed E-state index contributed by atoms with van der Waals surface area (Å²) in [6.45, 7) is 2.64. The summed E-state index contributed by atoms with van der Waals surface area (Å²) in [5, 5.41) is 0.577. The zero-order chi connectivity index (χ0) is 18.2. The number of amides is 1. The van der Waals surface area contributed by atoms with E-state index in [4.69, 9.17) is 16.3 Å². The first-order chi connectivity index (χ1) is 12.0. The third-order valence-corrected chi connectivity index (χ3v) is 4.16. The van der Waals surface area contributed by atoms with Crippen molar-refractivity contribution in [2.24, 2.45) is 0 Å². The maximum atomic E-state index is 12.8. The second kappa shape index (κ2) is 9.23. The largest absolute Gasteiger partial charge is 0.497 e. The maximum Gasteiger partial charge on any atom is 0.254 e. The van der Waals surface area contributed by atoms with Crippen LogP contribution in [0.1, 0.15) is 40.5 Å². The quantitative estimate of drug-likeness (QED) is 0.653. The molecule has 0 saturated carbocycles. The van der Waals surface area contributed by atoms with E-state index >= 15 is 0 Å². The summed E-state index contributed by atoms with van der Waals surface area (Å²) in [6.07, 6.45) is 1.79. The van der Waals surface area contributed by atoms with Crippen LogP contribution in [0.4, 0.5) is 0 Å². The van der Waals surface area contributed by atoms with E-state index in [0.717, 1.165) is 12.8 Å². The molecule has 0 N–H and O–H groups in total. The highest BCUT2D eigenvalue weighted by Gasteiger charge is 2.19. The molecule has 5 heteroatoms. The van der Waals surface area contributed by atoms with Gasteiger partial charge in [-0.05, 0) is 55.0 Å². The van der Waals surface area contributed by atoms with Crippen LogP contribution in [0.3, 0.4) is 0 Å². The fraction of sp³-hybridized carbons (Fsp3) is 0.300. The Balaban J connectivity index is 2.14. The number of hydrogen-bond acceptors (Lipinski definition) is 3. The number of carbonyl (C=O) groups excluding carboxylic acids is 2. The first kappa shape index (κ1) is 19.0. The Labute approximate surface area is 153 Å². The van der Waals surface area contributed by atoms with Crippen LogP contribution in [0.25, 0.3) is 0 Å². The zero-order valence-corrected chi connectivity index (χ0v) is 15.3. The van der Waals surface area contributed by atoms with Gasteiger partial charge < -0.3 is 9.64 Å². The first-order valence-electron chi connectivity index (χ1n) is 8.27. The topological polar surface area (TPSA) is 46.6 Å². The van der Waals surface area contributed by atoms with Crippen molar-refractivity contribution >= 4 is 23.3 Å². The molecule has 0 aliphatic rings. The second-order valence-corrected chi connectivity index (χ2v) is 6.18. The van der Waals surface area contributed by atoms with Crippen molar-refractivity contribution in [3.05, 3.63) is 64.7 Å². The van der Waals surface area contributed by atoms with Gasteiger partial charge in [0.15, 0.2) is 5.78 Å². The number of ketones is 1. The van der Waals surface area contributed by atoms with Gasteiger partial charge in [0.05, 0.1) is 13.7 Å². The summed E-state index contributed by atoms with van der Waals surface area (Å²) < 4.78 is 5.12. The van der Waals surface area contributed by atoms with Crippen molar-refractivity contribution in [3.8, 4) is 5.75 Å². The van der Waals surface area contributed by atoms with Crippen LogP contribution in [0, 0.1) is 0 Å². The SMILES string of the molecule is CCCCN(CC(=O)c1ccc(Cl)cc1)C(=O)c1ccc(OC)cc1. The monoisotopic (exact) mass is 359 g/mol. The third-order valence-electron chi connectivity index (χ3n) is 3.91. The van der Waals surface area contributed by atoms with E-state index in [9.17, 15) is 9.59 Å². The van der Waals surface area contributed by atoms with E-state index in [1.165, 1.54) is 0 Å². The summed E-state index contributed by atoms with van der Waals surface area (Å²) >= 11 is 5.86. The molecule has 2 aromatic rings. The van der Waals surface area contributed by atoms with Gasteiger partial charge in [-0.2, -0.15) is 0 Å². The van der Waals surface area contributed by atoms with Crippen molar-refractivity contribution in [2.75, 3.05) is 20.2 Å². The summed E-state index contributed by atoms with van der Waals surface area (Å²) in [4.78, 5) is 26.9. The van der Waals surface area contributed by atoms with Crippen LogP contribution in [0.5, 0.6) is 5.75 Å². The highest BCUT2D eigenvalue weighted by atomic mass is 35.5. The van der Waals surface area contributed by atoms with Crippen LogP contribution in [0.15, 0.2) is 48.5 Å². The van der Waals surface area contributed by atoms with Gasteiger partial charge in [0.1, 0.15) is 5.75 Å². The van der Waals surface area contributed by atoms with Gasteiger partial charge >= 0.3 is 0 Å². The fourth-order valence-electron chi connectivity index (χ4n) is 2.42. The number of rotatable bonds is 8.